The summed E-state index contributed by atoms with van der Waals surface area (Å²) in [4.78, 5) is 0. The Hall–Kier alpha value is -1.12. The van der Waals surface area contributed by atoms with Gasteiger partial charge in [-0.1, -0.05) is 42.5 Å². The largest absolute Gasteiger partial charge is 0.376 e. The first-order chi connectivity index (χ1) is 8.45. The van der Waals surface area contributed by atoms with E-state index in [1.165, 1.54) is 24.9 Å². The van der Waals surface area contributed by atoms with Crippen molar-refractivity contribution in [2.75, 3.05) is 26.3 Å². The molecule has 0 atom stereocenters. The highest BCUT2D eigenvalue weighted by atomic mass is 16.5. The van der Waals surface area contributed by atoms with Gasteiger partial charge < -0.3 is 10.1 Å². The van der Waals surface area contributed by atoms with Gasteiger partial charge >= 0.3 is 0 Å². The average molecular weight is 231 g/mol. The molecule has 2 rings (SSSR count). The van der Waals surface area contributed by atoms with Gasteiger partial charge in [0, 0.05) is 6.54 Å². The summed E-state index contributed by atoms with van der Waals surface area (Å²) >= 11 is 0. The number of hydrogen-bond acceptors (Lipinski definition) is 2. The van der Waals surface area contributed by atoms with Gasteiger partial charge in [0.05, 0.1) is 13.2 Å². The second kappa shape index (κ2) is 7.25. The standard InChI is InChI=1S/C15H21NO/c1-2-5-14(6-3-1)7-4-11-17-12-10-16-13-15-8-9-15/h1-7,15-16H,8-13H2. The molecule has 0 aliphatic heterocycles. The van der Waals surface area contributed by atoms with Crippen molar-refractivity contribution >= 4 is 6.08 Å². The number of hydrogen-bond donors (Lipinski definition) is 1. The number of benzene rings is 1. The molecule has 0 aromatic heterocycles. The van der Waals surface area contributed by atoms with Crippen LogP contribution in [0.4, 0.5) is 0 Å². The van der Waals surface area contributed by atoms with E-state index in [1.807, 2.05) is 18.2 Å². The summed E-state index contributed by atoms with van der Waals surface area (Å²) in [5.74, 6) is 0.952. The molecule has 1 aliphatic rings. The number of ether oxygens (including phenoxy) is 1. The Balaban J connectivity index is 1.46. The van der Waals surface area contributed by atoms with Gasteiger partial charge in [-0.05, 0) is 30.9 Å². The second-order valence-electron chi connectivity index (χ2n) is 4.54. The molecule has 1 aliphatic carbocycles. The Kier molecular flexibility index (Phi) is 5.27. The van der Waals surface area contributed by atoms with Crippen LogP contribution in [0.5, 0.6) is 0 Å². The smallest absolute Gasteiger partial charge is 0.0651 e. The van der Waals surface area contributed by atoms with Crippen molar-refractivity contribution in [2.24, 2.45) is 5.92 Å². The predicted molar refractivity (Wildman–Crippen MR) is 71.9 cm³/mol. The SMILES string of the molecule is C(=Cc1ccccc1)COCCNCC1CC1. The summed E-state index contributed by atoms with van der Waals surface area (Å²) in [5, 5.41) is 3.41. The third kappa shape index (κ3) is 5.66. The van der Waals surface area contributed by atoms with Crippen LogP contribution in [0, 0.1) is 5.92 Å². The molecular weight excluding hydrogens is 210 g/mol. The topological polar surface area (TPSA) is 21.3 Å². The maximum atomic E-state index is 5.51. The van der Waals surface area contributed by atoms with Gasteiger partial charge in [0.15, 0.2) is 0 Å². The first-order valence-corrected chi connectivity index (χ1v) is 6.45. The molecule has 0 radical (unpaired) electrons. The van der Waals surface area contributed by atoms with Crippen LogP contribution in [-0.4, -0.2) is 26.3 Å². The highest BCUT2D eigenvalue weighted by Crippen LogP contribution is 2.27. The van der Waals surface area contributed by atoms with E-state index in [9.17, 15) is 0 Å². The van der Waals surface area contributed by atoms with Gasteiger partial charge in [0.2, 0.25) is 0 Å². The maximum Gasteiger partial charge on any atom is 0.0651 e. The normalized spacial score (nSPS) is 15.5. The minimum Gasteiger partial charge on any atom is -0.376 e. The summed E-state index contributed by atoms with van der Waals surface area (Å²) in [5.41, 5.74) is 1.22. The Bertz CT molecular complexity index is 330. The minimum atomic E-state index is 0.694. The van der Waals surface area contributed by atoms with E-state index in [2.05, 4.69) is 29.6 Å². The van der Waals surface area contributed by atoms with Gasteiger partial charge in [-0.15, -0.1) is 0 Å². The molecule has 0 bridgehead atoms. The van der Waals surface area contributed by atoms with Crippen molar-refractivity contribution in [3.63, 3.8) is 0 Å². The quantitative estimate of drug-likeness (QED) is 0.695. The molecule has 2 nitrogen and oxygen atoms in total. The zero-order valence-electron chi connectivity index (χ0n) is 10.3. The van der Waals surface area contributed by atoms with E-state index in [4.69, 9.17) is 4.74 Å². The fourth-order valence-corrected chi connectivity index (χ4v) is 1.67. The van der Waals surface area contributed by atoms with Crippen LogP contribution in [-0.2, 0) is 4.74 Å². The Morgan fingerprint density at radius 1 is 1.24 bits per heavy atom. The average Bonchev–Trinajstić information content (AvgIpc) is 3.18. The number of nitrogens with one attached hydrogen (secondary N) is 1. The van der Waals surface area contributed by atoms with E-state index in [0.717, 1.165) is 19.1 Å². The molecule has 1 N–H and O–H groups in total. The van der Waals surface area contributed by atoms with Crippen LogP contribution in [0.3, 0.4) is 0 Å². The lowest BCUT2D eigenvalue weighted by atomic mass is 10.2. The van der Waals surface area contributed by atoms with Crippen molar-refractivity contribution in [3.05, 3.63) is 42.0 Å². The van der Waals surface area contributed by atoms with Gasteiger partial charge in [-0.3, -0.25) is 0 Å². The second-order valence-corrected chi connectivity index (χ2v) is 4.54. The van der Waals surface area contributed by atoms with Crippen molar-refractivity contribution in [2.45, 2.75) is 12.8 Å². The van der Waals surface area contributed by atoms with E-state index in [-0.39, 0.29) is 0 Å². The maximum absolute atomic E-state index is 5.51. The molecule has 17 heavy (non-hydrogen) atoms. The lowest BCUT2D eigenvalue weighted by Crippen LogP contribution is -2.21. The molecule has 2 heteroatoms. The predicted octanol–water partition coefficient (Wildman–Crippen LogP) is 2.72. The van der Waals surface area contributed by atoms with Crippen LogP contribution < -0.4 is 5.32 Å². The molecule has 1 aromatic rings. The minimum absolute atomic E-state index is 0.694. The summed E-state index contributed by atoms with van der Waals surface area (Å²) < 4.78 is 5.51. The van der Waals surface area contributed by atoms with Crippen molar-refractivity contribution in [1.29, 1.82) is 0 Å². The highest BCUT2D eigenvalue weighted by Gasteiger charge is 2.19. The number of rotatable bonds is 8. The summed E-state index contributed by atoms with van der Waals surface area (Å²) in [6.07, 6.45) is 6.98. The lowest BCUT2D eigenvalue weighted by Gasteiger charge is -2.03. The van der Waals surface area contributed by atoms with Gasteiger partial charge in [0.25, 0.3) is 0 Å². The zero-order chi connectivity index (χ0) is 11.8. The van der Waals surface area contributed by atoms with Gasteiger partial charge in [0.1, 0.15) is 0 Å². The summed E-state index contributed by atoms with van der Waals surface area (Å²) in [6, 6.07) is 10.3. The molecule has 92 valence electrons. The molecule has 0 unspecified atom stereocenters. The molecule has 1 fully saturated rings. The third-order valence-electron chi connectivity index (χ3n) is 2.88. The lowest BCUT2D eigenvalue weighted by molar-refractivity contribution is 0.164. The third-order valence-corrected chi connectivity index (χ3v) is 2.88. The van der Waals surface area contributed by atoms with E-state index in [0.29, 0.717) is 6.61 Å². The van der Waals surface area contributed by atoms with E-state index < -0.39 is 0 Å². The molecule has 0 spiro atoms. The Morgan fingerprint density at radius 3 is 2.82 bits per heavy atom. The van der Waals surface area contributed by atoms with Crippen LogP contribution in [0.2, 0.25) is 0 Å². The first-order valence-electron chi connectivity index (χ1n) is 6.45. The van der Waals surface area contributed by atoms with Gasteiger partial charge in [-0.25, -0.2) is 0 Å². The Morgan fingerprint density at radius 2 is 2.06 bits per heavy atom. The Labute approximate surface area is 104 Å². The molecular formula is C15H21NO. The van der Waals surface area contributed by atoms with Crippen LogP contribution in [0.25, 0.3) is 6.08 Å². The monoisotopic (exact) mass is 231 g/mol. The fraction of sp³-hybridized carbons (Fsp3) is 0.467. The summed E-state index contributed by atoms with van der Waals surface area (Å²) in [7, 11) is 0. The molecule has 1 saturated carbocycles. The summed E-state index contributed by atoms with van der Waals surface area (Å²) in [6.45, 7) is 3.63. The van der Waals surface area contributed by atoms with E-state index >= 15 is 0 Å². The van der Waals surface area contributed by atoms with Crippen molar-refractivity contribution < 1.29 is 4.74 Å². The first kappa shape index (κ1) is 12.3. The zero-order valence-corrected chi connectivity index (χ0v) is 10.3. The fourth-order valence-electron chi connectivity index (χ4n) is 1.67. The molecule has 1 aromatic carbocycles. The van der Waals surface area contributed by atoms with Crippen LogP contribution >= 0.6 is 0 Å². The van der Waals surface area contributed by atoms with E-state index in [1.54, 1.807) is 0 Å². The van der Waals surface area contributed by atoms with Gasteiger partial charge in [-0.2, -0.15) is 0 Å². The molecule has 0 saturated heterocycles. The van der Waals surface area contributed by atoms with Crippen molar-refractivity contribution in [1.82, 2.24) is 5.32 Å². The molecule has 0 heterocycles. The van der Waals surface area contributed by atoms with Crippen LogP contribution in [0.15, 0.2) is 36.4 Å². The van der Waals surface area contributed by atoms with Crippen LogP contribution in [0.1, 0.15) is 18.4 Å². The van der Waals surface area contributed by atoms with Crippen molar-refractivity contribution in [3.8, 4) is 0 Å². The molecule has 0 amide bonds. The highest BCUT2D eigenvalue weighted by molar-refractivity contribution is 5.48.